The van der Waals surface area contributed by atoms with Crippen LogP contribution in [0, 0.1) is 0 Å². The predicted molar refractivity (Wildman–Crippen MR) is 37.4 cm³/mol. The number of hydrogen-bond acceptors (Lipinski definition) is 2. The van der Waals surface area contributed by atoms with E-state index in [0.717, 1.165) is 0 Å². The van der Waals surface area contributed by atoms with Crippen molar-refractivity contribution in [2.24, 2.45) is 7.05 Å². The van der Waals surface area contributed by atoms with Crippen molar-refractivity contribution in [1.29, 1.82) is 0 Å². The van der Waals surface area contributed by atoms with Crippen LogP contribution in [0.15, 0.2) is 18.7 Å². The molecular formula is C7H11BrN2O2. The molecule has 0 amide bonds. The topological polar surface area (TPSA) is 35.1 Å². The molecule has 0 saturated carbocycles. The van der Waals surface area contributed by atoms with Crippen LogP contribution in [-0.2, 0) is 23.3 Å². The SMILES string of the molecule is CC(=O)OCn1cc[n+](C)c1.[Br-]. The highest BCUT2D eigenvalue weighted by molar-refractivity contribution is 5.65. The van der Waals surface area contributed by atoms with Crippen molar-refractivity contribution in [2.45, 2.75) is 13.7 Å². The average Bonchev–Trinajstić information content (AvgIpc) is 2.31. The normalized spacial score (nSPS) is 8.83. The van der Waals surface area contributed by atoms with Crippen molar-refractivity contribution >= 4 is 5.97 Å². The number of rotatable bonds is 2. The Kier molecular flexibility index (Phi) is 4.58. The maximum atomic E-state index is 10.4. The molecule has 4 nitrogen and oxygen atoms in total. The number of halogens is 1. The number of nitrogens with zero attached hydrogens (tertiary/aromatic N) is 2. The van der Waals surface area contributed by atoms with Gasteiger partial charge in [-0.25, -0.2) is 9.13 Å². The van der Waals surface area contributed by atoms with Crippen LogP contribution in [0.2, 0.25) is 0 Å². The number of aromatic nitrogens is 2. The van der Waals surface area contributed by atoms with Crippen LogP contribution >= 0.6 is 0 Å². The lowest BCUT2D eigenvalue weighted by Gasteiger charge is -1.95. The number of aryl methyl sites for hydroxylation is 1. The fourth-order valence-corrected chi connectivity index (χ4v) is 0.744. The minimum absolute atomic E-state index is 0. The Morgan fingerprint density at radius 2 is 2.33 bits per heavy atom. The third-order valence-corrected chi connectivity index (χ3v) is 1.24. The Hall–Kier alpha value is -0.840. The molecule has 0 aliphatic carbocycles. The first-order valence-electron chi connectivity index (χ1n) is 3.33. The van der Waals surface area contributed by atoms with Crippen LogP contribution in [0.5, 0.6) is 0 Å². The van der Waals surface area contributed by atoms with Crippen molar-refractivity contribution in [1.82, 2.24) is 4.57 Å². The summed E-state index contributed by atoms with van der Waals surface area (Å²) in [7, 11) is 1.91. The molecule has 1 rings (SSSR count). The molecule has 12 heavy (non-hydrogen) atoms. The van der Waals surface area contributed by atoms with Gasteiger partial charge in [0.2, 0.25) is 13.1 Å². The predicted octanol–water partition coefficient (Wildman–Crippen LogP) is -3.16. The highest BCUT2D eigenvalue weighted by Gasteiger charge is 2.00. The minimum atomic E-state index is -0.263. The lowest BCUT2D eigenvalue weighted by molar-refractivity contribution is -0.671. The van der Waals surface area contributed by atoms with Gasteiger partial charge in [-0.1, -0.05) is 0 Å². The van der Waals surface area contributed by atoms with Gasteiger partial charge in [0.25, 0.3) is 0 Å². The molecule has 68 valence electrons. The molecule has 0 N–H and O–H groups in total. The van der Waals surface area contributed by atoms with Crippen molar-refractivity contribution < 1.29 is 31.1 Å². The van der Waals surface area contributed by atoms with Gasteiger partial charge in [-0.15, -0.1) is 0 Å². The fourth-order valence-electron chi connectivity index (χ4n) is 0.744. The van der Waals surface area contributed by atoms with Gasteiger partial charge in [0.1, 0.15) is 12.4 Å². The smallest absolute Gasteiger partial charge is 0.305 e. The lowest BCUT2D eigenvalue weighted by atomic mass is 10.8. The van der Waals surface area contributed by atoms with Gasteiger partial charge in [0, 0.05) is 6.92 Å². The number of esters is 1. The lowest BCUT2D eigenvalue weighted by Crippen LogP contribution is -3.00. The molecule has 1 aromatic rings. The number of imidazole rings is 1. The summed E-state index contributed by atoms with van der Waals surface area (Å²) in [6, 6.07) is 0. The van der Waals surface area contributed by atoms with E-state index in [9.17, 15) is 4.79 Å². The number of carbonyl (C=O) groups excluding carboxylic acids is 1. The summed E-state index contributed by atoms with van der Waals surface area (Å²) < 4.78 is 8.41. The summed E-state index contributed by atoms with van der Waals surface area (Å²) in [6.45, 7) is 1.68. The van der Waals surface area contributed by atoms with Crippen LogP contribution in [-0.4, -0.2) is 10.5 Å². The van der Waals surface area contributed by atoms with Crippen molar-refractivity contribution in [3.8, 4) is 0 Å². The first-order chi connectivity index (χ1) is 5.18. The summed E-state index contributed by atoms with van der Waals surface area (Å²) in [6.07, 6.45) is 5.55. The Labute approximate surface area is 81.5 Å². The molecule has 0 atom stereocenters. The number of carbonyl (C=O) groups is 1. The minimum Gasteiger partial charge on any atom is -1.00 e. The van der Waals surface area contributed by atoms with E-state index in [1.807, 2.05) is 30.3 Å². The molecule has 0 saturated heterocycles. The maximum Gasteiger partial charge on any atom is 0.305 e. The highest BCUT2D eigenvalue weighted by atomic mass is 79.9. The summed E-state index contributed by atoms with van der Waals surface area (Å²) in [5.41, 5.74) is 0. The number of ether oxygens (including phenoxy) is 1. The van der Waals surface area contributed by atoms with E-state index in [1.165, 1.54) is 6.92 Å². The Bertz CT molecular complexity index is 260. The zero-order valence-corrected chi connectivity index (χ0v) is 8.61. The monoisotopic (exact) mass is 234 g/mol. The van der Waals surface area contributed by atoms with E-state index in [0.29, 0.717) is 0 Å². The van der Waals surface area contributed by atoms with Gasteiger partial charge in [-0.3, -0.25) is 4.79 Å². The first-order valence-corrected chi connectivity index (χ1v) is 3.33. The molecule has 0 aliphatic rings. The second kappa shape index (κ2) is 4.92. The van der Waals surface area contributed by atoms with Crippen LogP contribution < -0.4 is 21.5 Å². The Morgan fingerprint density at radius 1 is 1.67 bits per heavy atom. The largest absolute Gasteiger partial charge is 1.00 e. The molecule has 1 aromatic heterocycles. The van der Waals surface area contributed by atoms with E-state index in [4.69, 9.17) is 4.74 Å². The summed E-state index contributed by atoms with van der Waals surface area (Å²) in [4.78, 5) is 10.4. The van der Waals surface area contributed by atoms with Crippen LogP contribution in [0.1, 0.15) is 6.92 Å². The van der Waals surface area contributed by atoms with Gasteiger partial charge in [0.05, 0.1) is 7.05 Å². The third-order valence-electron chi connectivity index (χ3n) is 1.24. The zero-order chi connectivity index (χ0) is 8.27. The third kappa shape index (κ3) is 3.52. The molecule has 5 heteroatoms. The van der Waals surface area contributed by atoms with E-state index in [1.54, 1.807) is 4.57 Å². The second-order valence-electron chi connectivity index (χ2n) is 2.36. The highest BCUT2D eigenvalue weighted by Crippen LogP contribution is 1.85. The summed E-state index contributed by atoms with van der Waals surface area (Å²) in [5.74, 6) is -0.263. The summed E-state index contributed by atoms with van der Waals surface area (Å²) >= 11 is 0. The zero-order valence-electron chi connectivity index (χ0n) is 7.03. The molecule has 1 heterocycles. The van der Waals surface area contributed by atoms with Gasteiger partial charge >= 0.3 is 5.97 Å². The standard InChI is InChI=1S/C7H11N2O2.BrH/c1-7(10)11-6-9-4-3-8(2)5-9;/h3-5H,6H2,1-2H3;1H/q+1;/p-1. The van der Waals surface area contributed by atoms with E-state index in [-0.39, 0.29) is 29.7 Å². The van der Waals surface area contributed by atoms with E-state index in [2.05, 4.69) is 0 Å². The van der Waals surface area contributed by atoms with E-state index < -0.39 is 0 Å². The van der Waals surface area contributed by atoms with Crippen LogP contribution in [0.4, 0.5) is 0 Å². The Morgan fingerprint density at radius 3 is 2.75 bits per heavy atom. The molecular weight excluding hydrogens is 224 g/mol. The molecule has 0 unspecified atom stereocenters. The molecule has 0 aliphatic heterocycles. The molecule has 0 bridgehead atoms. The summed E-state index contributed by atoms with van der Waals surface area (Å²) in [5, 5.41) is 0. The second-order valence-corrected chi connectivity index (χ2v) is 2.36. The fraction of sp³-hybridized carbons (Fsp3) is 0.429. The molecule has 0 aromatic carbocycles. The molecule has 0 radical (unpaired) electrons. The number of hydrogen-bond donors (Lipinski definition) is 0. The molecule has 0 fully saturated rings. The quantitative estimate of drug-likeness (QED) is 0.400. The van der Waals surface area contributed by atoms with Crippen molar-refractivity contribution in [2.75, 3.05) is 0 Å². The average molecular weight is 235 g/mol. The maximum absolute atomic E-state index is 10.4. The van der Waals surface area contributed by atoms with Crippen LogP contribution in [0.3, 0.4) is 0 Å². The van der Waals surface area contributed by atoms with Gasteiger partial charge < -0.3 is 21.7 Å². The van der Waals surface area contributed by atoms with Crippen molar-refractivity contribution in [3.05, 3.63) is 18.7 Å². The van der Waals surface area contributed by atoms with E-state index >= 15 is 0 Å². The van der Waals surface area contributed by atoms with Crippen molar-refractivity contribution in [3.63, 3.8) is 0 Å². The van der Waals surface area contributed by atoms with Crippen LogP contribution in [0.25, 0.3) is 0 Å². The first kappa shape index (κ1) is 11.2. The van der Waals surface area contributed by atoms with Gasteiger partial charge in [0.15, 0.2) is 0 Å². The Balaban J connectivity index is 0.00000121. The molecule has 0 spiro atoms. The van der Waals surface area contributed by atoms with Gasteiger partial charge in [-0.05, 0) is 0 Å². The van der Waals surface area contributed by atoms with Gasteiger partial charge in [-0.2, -0.15) is 0 Å².